The van der Waals surface area contributed by atoms with Gasteiger partial charge in [-0.2, -0.15) is 4.98 Å². The molecule has 0 saturated heterocycles. The lowest BCUT2D eigenvalue weighted by Gasteiger charge is -2.02. The van der Waals surface area contributed by atoms with Gasteiger partial charge in [0.25, 0.3) is 0 Å². The summed E-state index contributed by atoms with van der Waals surface area (Å²) in [5.74, 6) is 1.37. The number of hydrogen-bond donors (Lipinski definition) is 1. The number of carbonyl (C=O) groups excluding carboxylic acids is 1. The van der Waals surface area contributed by atoms with Gasteiger partial charge in [0.05, 0.1) is 13.5 Å². The van der Waals surface area contributed by atoms with E-state index in [-0.39, 0.29) is 0 Å². The minimum absolute atomic E-state index is 0.370. The molecule has 24 heavy (non-hydrogen) atoms. The van der Waals surface area contributed by atoms with Crippen LogP contribution in [0.1, 0.15) is 33.2 Å². The summed E-state index contributed by atoms with van der Waals surface area (Å²) in [5.41, 5.74) is 7.67. The lowest BCUT2D eigenvalue weighted by atomic mass is 10.0. The van der Waals surface area contributed by atoms with E-state index in [1.807, 2.05) is 36.4 Å². The van der Waals surface area contributed by atoms with Crippen LogP contribution < -0.4 is 10.5 Å². The van der Waals surface area contributed by atoms with Crippen LogP contribution >= 0.6 is 0 Å². The summed E-state index contributed by atoms with van der Waals surface area (Å²) in [5, 5.41) is 3.99. The largest absolute Gasteiger partial charge is 0.497 e. The molecule has 0 aliphatic heterocycles. The monoisotopic (exact) mass is 323 g/mol. The molecule has 0 aliphatic rings. The first-order valence-electron chi connectivity index (χ1n) is 7.48. The van der Waals surface area contributed by atoms with Gasteiger partial charge in [0.15, 0.2) is 5.82 Å². The van der Waals surface area contributed by atoms with Crippen molar-refractivity contribution in [3.8, 4) is 5.75 Å². The predicted molar refractivity (Wildman–Crippen MR) is 87.9 cm³/mol. The number of aromatic nitrogens is 2. The Morgan fingerprint density at radius 1 is 1.12 bits per heavy atom. The number of carbonyl (C=O) groups is 1. The fraction of sp³-hybridized carbons (Fsp3) is 0.167. The van der Waals surface area contributed by atoms with Gasteiger partial charge < -0.3 is 15.0 Å². The van der Waals surface area contributed by atoms with E-state index in [1.54, 1.807) is 19.2 Å². The number of hydrogen-bond acceptors (Lipinski definition) is 5. The Morgan fingerprint density at radius 2 is 1.88 bits per heavy atom. The van der Waals surface area contributed by atoms with Gasteiger partial charge >= 0.3 is 0 Å². The number of benzene rings is 2. The number of primary amides is 1. The maximum Gasteiger partial charge on any atom is 0.248 e. The predicted octanol–water partition coefficient (Wildman–Crippen LogP) is 2.36. The zero-order chi connectivity index (χ0) is 16.9. The molecule has 0 unspecified atom stereocenters. The molecule has 0 atom stereocenters. The SMILES string of the molecule is COc1ccc(Cc2noc(Cc3ccccc3C(N)=O)n2)cc1. The van der Waals surface area contributed by atoms with Crippen molar-refractivity contribution in [1.29, 1.82) is 0 Å². The molecule has 3 aromatic rings. The first-order chi connectivity index (χ1) is 11.7. The second kappa shape index (κ2) is 6.95. The summed E-state index contributed by atoms with van der Waals surface area (Å²) in [4.78, 5) is 15.8. The summed E-state index contributed by atoms with van der Waals surface area (Å²) in [6.45, 7) is 0. The van der Waals surface area contributed by atoms with Gasteiger partial charge in [0, 0.05) is 12.0 Å². The Balaban J connectivity index is 1.72. The molecule has 6 nitrogen and oxygen atoms in total. The highest BCUT2D eigenvalue weighted by Crippen LogP contribution is 2.16. The molecule has 6 heteroatoms. The molecule has 2 N–H and O–H groups in total. The lowest BCUT2D eigenvalue weighted by Crippen LogP contribution is -2.13. The smallest absolute Gasteiger partial charge is 0.248 e. The standard InChI is InChI=1S/C18H17N3O3/c1-23-14-8-6-12(7-9-14)10-16-20-17(24-21-16)11-13-4-2-3-5-15(13)18(19)22/h2-9H,10-11H2,1H3,(H2,19,22). The van der Waals surface area contributed by atoms with E-state index >= 15 is 0 Å². The number of rotatable bonds is 6. The van der Waals surface area contributed by atoms with Crippen molar-refractivity contribution in [1.82, 2.24) is 10.1 Å². The zero-order valence-electron chi connectivity index (χ0n) is 13.2. The van der Waals surface area contributed by atoms with Crippen LogP contribution in [0.2, 0.25) is 0 Å². The molecule has 0 spiro atoms. The van der Waals surface area contributed by atoms with Crippen LogP contribution in [0.25, 0.3) is 0 Å². The van der Waals surface area contributed by atoms with Crippen molar-refractivity contribution < 1.29 is 14.1 Å². The maximum atomic E-state index is 11.5. The van der Waals surface area contributed by atoms with Crippen LogP contribution in [0.5, 0.6) is 5.75 Å². The van der Waals surface area contributed by atoms with Gasteiger partial charge in [-0.1, -0.05) is 35.5 Å². The molecule has 1 heterocycles. The summed E-state index contributed by atoms with van der Waals surface area (Å²) in [6, 6.07) is 14.8. The maximum absolute atomic E-state index is 11.5. The van der Waals surface area contributed by atoms with Crippen LogP contribution in [0, 0.1) is 0 Å². The number of ether oxygens (including phenoxy) is 1. The van der Waals surface area contributed by atoms with Crippen LogP contribution in [0.15, 0.2) is 53.1 Å². The van der Waals surface area contributed by atoms with Gasteiger partial charge in [-0.15, -0.1) is 0 Å². The lowest BCUT2D eigenvalue weighted by molar-refractivity contribution is 0.0999. The molecule has 122 valence electrons. The minimum Gasteiger partial charge on any atom is -0.497 e. The summed E-state index contributed by atoms with van der Waals surface area (Å²) in [6.07, 6.45) is 0.930. The van der Waals surface area contributed by atoms with Gasteiger partial charge in [-0.25, -0.2) is 0 Å². The second-order valence-corrected chi connectivity index (χ2v) is 5.33. The van der Waals surface area contributed by atoms with Crippen LogP contribution in [0.4, 0.5) is 0 Å². The van der Waals surface area contributed by atoms with Crippen molar-refractivity contribution in [3.63, 3.8) is 0 Å². The molecule has 0 fully saturated rings. The van der Waals surface area contributed by atoms with E-state index in [4.69, 9.17) is 15.0 Å². The van der Waals surface area contributed by atoms with Crippen molar-refractivity contribution in [2.45, 2.75) is 12.8 Å². The highest BCUT2D eigenvalue weighted by Gasteiger charge is 2.12. The molecular formula is C18H17N3O3. The van der Waals surface area contributed by atoms with Gasteiger partial charge in [0.2, 0.25) is 11.8 Å². The van der Waals surface area contributed by atoms with Gasteiger partial charge in [-0.3, -0.25) is 4.79 Å². The molecule has 0 bridgehead atoms. The normalized spacial score (nSPS) is 10.5. The number of nitrogens with two attached hydrogens (primary N) is 1. The fourth-order valence-corrected chi connectivity index (χ4v) is 2.44. The number of methoxy groups -OCH3 is 1. The van der Waals surface area contributed by atoms with Crippen molar-refractivity contribution in [3.05, 3.63) is 76.9 Å². The number of amides is 1. The fourth-order valence-electron chi connectivity index (χ4n) is 2.44. The first-order valence-corrected chi connectivity index (χ1v) is 7.48. The van der Waals surface area contributed by atoms with Crippen LogP contribution in [0.3, 0.4) is 0 Å². The second-order valence-electron chi connectivity index (χ2n) is 5.33. The Kier molecular flexibility index (Phi) is 4.56. The van der Waals surface area contributed by atoms with E-state index in [2.05, 4.69) is 10.1 Å². The van der Waals surface area contributed by atoms with E-state index < -0.39 is 5.91 Å². The number of nitrogens with zero attached hydrogens (tertiary/aromatic N) is 2. The Labute approximate surface area is 139 Å². The van der Waals surface area contributed by atoms with E-state index in [0.29, 0.717) is 30.1 Å². The van der Waals surface area contributed by atoms with Crippen LogP contribution in [-0.4, -0.2) is 23.2 Å². The third-order valence-electron chi connectivity index (χ3n) is 3.66. The summed E-state index contributed by atoms with van der Waals surface area (Å²) < 4.78 is 10.4. The van der Waals surface area contributed by atoms with E-state index in [1.165, 1.54) is 0 Å². The summed E-state index contributed by atoms with van der Waals surface area (Å²) >= 11 is 0. The van der Waals surface area contributed by atoms with Crippen molar-refractivity contribution >= 4 is 5.91 Å². The molecule has 0 saturated carbocycles. The van der Waals surface area contributed by atoms with Crippen LogP contribution in [-0.2, 0) is 12.8 Å². The quantitative estimate of drug-likeness (QED) is 0.752. The van der Waals surface area contributed by atoms with Gasteiger partial charge in [-0.05, 0) is 29.3 Å². The van der Waals surface area contributed by atoms with Gasteiger partial charge in [0.1, 0.15) is 5.75 Å². The molecule has 0 radical (unpaired) electrons. The minimum atomic E-state index is -0.469. The third-order valence-corrected chi connectivity index (χ3v) is 3.66. The molecule has 0 aliphatic carbocycles. The highest BCUT2D eigenvalue weighted by molar-refractivity contribution is 5.94. The van der Waals surface area contributed by atoms with E-state index in [0.717, 1.165) is 16.9 Å². The molecule has 1 amide bonds. The Bertz CT molecular complexity index is 841. The molecule has 2 aromatic carbocycles. The Morgan fingerprint density at radius 3 is 2.58 bits per heavy atom. The average molecular weight is 323 g/mol. The summed E-state index contributed by atoms with van der Waals surface area (Å²) in [7, 11) is 1.63. The third kappa shape index (κ3) is 3.60. The first kappa shape index (κ1) is 15.7. The van der Waals surface area contributed by atoms with Crippen molar-refractivity contribution in [2.24, 2.45) is 5.73 Å². The average Bonchev–Trinajstić information content (AvgIpc) is 3.03. The van der Waals surface area contributed by atoms with Crippen molar-refractivity contribution in [2.75, 3.05) is 7.11 Å². The molecular weight excluding hydrogens is 306 g/mol. The zero-order valence-corrected chi connectivity index (χ0v) is 13.2. The molecule has 1 aromatic heterocycles. The van der Waals surface area contributed by atoms with E-state index in [9.17, 15) is 4.79 Å². The topological polar surface area (TPSA) is 91.2 Å². The highest BCUT2D eigenvalue weighted by atomic mass is 16.5. The molecule has 3 rings (SSSR count). The Hall–Kier alpha value is -3.15.